The van der Waals surface area contributed by atoms with Gasteiger partial charge in [0.05, 0.1) is 24.1 Å². The van der Waals surface area contributed by atoms with Crippen molar-refractivity contribution in [2.75, 3.05) is 6.61 Å². The summed E-state index contributed by atoms with van der Waals surface area (Å²) in [5.41, 5.74) is -0.0483. The van der Waals surface area contributed by atoms with Crippen molar-refractivity contribution in [3.8, 4) is 0 Å². The summed E-state index contributed by atoms with van der Waals surface area (Å²) in [7, 11) is 0. The largest absolute Gasteiger partial charge is 0.416 e. The Kier molecular flexibility index (Phi) is 4.88. The SMILES string of the molecule is C[C@H](NC(=O)C[C@H]1CCCO1)c1ccc(C(F)(F)F)cc1. The summed E-state index contributed by atoms with van der Waals surface area (Å²) in [5.74, 6) is -0.144. The van der Waals surface area contributed by atoms with E-state index in [-0.39, 0.29) is 18.1 Å². The number of hydrogen-bond donors (Lipinski definition) is 1. The van der Waals surface area contributed by atoms with Gasteiger partial charge in [-0.25, -0.2) is 0 Å². The molecule has 1 saturated heterocycles. The standard InChI is InChI=1S/C15H18F3NO2/c1-10(19-14(20)9-13-3-2-8-21-13)11-4-6-12(7-5-11)15(16,17)18/h4-7,10,13H,2-3,8-9H2,1H3,(H,19,20)/t10-,13+/m0/s1. The molecule has 0 saturated carbocycles. The lowest BCUT2D eigenvalue weighted by atomic mass is 10.1. The average molecular weight is 301 g/mol. The minimum absolute atomic E-state index is 0.0372. The number of nitrogens with one attached hydrogen (secondary N) is 1. The van der Waals surface area contributed by atoms with E-state index in [1.165, 1.54) is 12.1 Å². The Morgan fingerprint density at radius 1 is 1.38 bits per heavy atom. The van der Waals surface area contributed by atoms with Crippen molar-refractivity contribution in [2.45, 2.75) is 44.5 Å². The van der Waals surface area contributed by atoms with Crippen LogP contribution in [0.25, 0.3) is 0 Å². The highest BCUT2D eigenvalue weighted by Crippen LogP contribution is 2.29. The summed E-state index contributed by atoms with van der Waals surface area (Å²) in [6, 6.07) is 4.50. The van der Waals surface area contributed by atoms with Gasteiger partial charge in [0, 0.05) is 6.61 Å². The number of alkyl halides is 3. The molecule has 0 aromatic heterocycles. The summed E-state index contributed by atoms with van der Waals surface area (Å²) in [4.78, 5) is 11.8. The molecule has 1 fully saturated rings. The van der Waals surface area contributed by atoms with Gasteiger partial charge in [0.1, 0.15) is 0 Å². The van der Waals surface area contributed by atoms with E-state index in [0.29, 0.717) is 18.6 Å². The van der Waals surface area contributed by atoms with Gasteiger partial charge in [-0.05, 0) is 37.5 Å². The van der Waals surface area contributed by atoms with E-state index in [0.717, 1.165) is 25.0 Å². The van der Waals surface area contributed by atoms with Crippen LogP contribution in [0.4, 0.5) is 13.2 Å². The lowest BCUT2D eigenvalue weighted by molar-refractivity contribution is -0.137. The number of amides is 1. The highest BCUT2D eigenvalue weighted by molar-refractivity contribution is 5.77. The highest BCUT2D eigenvalue weighted by atomic mass is 19.4. The van der Waals surface area contributed by atoms with E-state index in [4.69, 9.17) is 4.74 Å². The third-order valence-electron chi connectivity index (χ3n) is 3.55. The van der Waals surface area contributed by atoms with E-state index in [2.05, 4.69) is 5.32 Å². The maximum absolute atomic E-state index is 12.5. The predicted octanol–water partition coefficient (Wildman–Crippen LogP) is 3.45. The van der Waals surface area contributed by atoms with E-state index in [1.54, 1.807) is 6.92 Å². The third-order valence-corrected chi connectivity index (χ3v) is 3.55. The Morgan fingerprint density at radius 2 is 2.05 bits per heavy atom. The van der Waals surface area contributed by atoms with Crippen LogP contribution in [0.1, 0.15) is 43.4 Å². The van der Waals surface area contributed by atoms with Crippen LogP contribution in [0.15, 0.2) is 24.3 Å². The molecule has 0 unspecified atom stereocenters. The number of carbonyl (C=O) groups excluding carboxylic acids is 1. The molecule has 1 heterocycles. The molecule has 3 nitrogen and oxygen atoms in total. The molecule has 0 radical (unpaired) electrons. The van der Waals surface area contributed by atoms with Gasteiger partial charge in [-0.15, -0.1) is 0 Å². The van der Waals surface area contributed by atoms with Crippen LogP contribution >= 0.6 is 0 Å². The number of benzene rings is 1. The van der Waals surface area contributed by atoms with Crippen LogP contribution in [-0.2, 0) is 15.7 Å². The van der Waals surface area contributed by atoms with Gasteiger partial charge < -0.3 is 10.1 Å². The molecule has 0 bridgehead atoms. The Labute approximate surface area is 121 Å². The van der Waals surface area contributed by atoms with Crippen LogP contribution in [-0.4, -0.2) is 18.6 Å². The van der Waals surface area contributed by atoms with Crippen LogP contribution in [0.5, 0.6) is 0 Å². The van der Waals surface area contributed by atoms with Crippen LogP contribution in [0.3, 0.4) is 0 Å². The van der Waals surface area contributed by atoms with Crippen molar-refractivity contribution in [3.05, 3.63) is 35.4 Å². The fraction of sp³-hybridized carbons (Fsp3) is 0.533. The summed E-state index contributed by atoms with van der Waals surface area (Å²) in [5, 5.41) is 2.78. The smallest absolute Gasteiger partial charge is 0.378 e. The molecule has 0 spiro atoms. The van der Waals surface area contributed by atoms with E-state index < -0.39 is 11.7 Å². The molecule has 21 heavy (non-hydrogen) atoms. The molecule has 2 rings (SSSR count). The topological polar surface area (TPSA) is 38.3 Å². The Morgan fingerprint density at radius 3 is 2.57 bits per heavy atom. The van der Waals surface area contributed by atoms with Crippen molar-refractivity contribution in [1.29, 1.82) is 0 Å². The molecule has 6 heteroatoms. The second-order valence-electron chi connectivity index (χ2n) is 5.25. The lowest BCUT2D eigenvalue weighted by Gasteiger charge is -2.17. The number of ether oxygens (including phenoxy) is 1. The van der Waals surface area contributed by atoms with Crippen LogP contribution < -0.4 is 5.32 Å². The molecule has 2 atom stereocenters. The maximum atomic E-state index is 12.5. The number of rotatable bonds is 4. The average Bonchev–Trinajstić information content (AvgIpc) is 2.90. The zero-order valence-corrected chi connectivity index (χ0v) is 11.7. The second-order valence-corrected chi connectivity index (χ2v) is 5.25. The summed E-state index contributed by atoms with van der Waals surface area (Å²) in [6.07, 6.45) is -2.24. The maximum Gasteiger partial charge on any atom is 0.416 e. The van der Waals surface area contributed by atoms with Crippen molar-refractivity contribution in [2.24, 2.45) is 0 Å². The van der Waals surface area contributed by atoms with Gasteiger partial charge in [0.25, 0.3) is 0 Å². The first-order valence-corrected chi connectivity index (χ1v) is 6.94. The number of hydrogen-bond acceptors (Lipinski definition) is 2. The van der Waals surface area contributed by atoms with E-state index in [1.807, 2.05) is 0 Å². The number of carbonyl (C=O) groups is 1. The molecule has 1 aliphatic heterocycles. The summed E-state index contributed by atoms with van der Waals surface area (Å²) in [6.45, 7) is 2.43. The molecule has 1 aliphatic rings. The Balaban J connectivity index is 1.90. The van der Waals surface area contributed by atoms with Crippen molar-refractivity contribution in [1.82, 2.24) is 5.32 Å². The van der Waals surface area contributed by atoms with Crippen molar-refractivity contribution >= 4 is 5.91 Å². The molecular formula is C15H18F3NO2. The van der Waals surface area contributed by atoms with E-state index in [9.17, 15) is 18.0 Å². The summed E-state index contributed by atoms with van der Waals surface area (Å²) < 4.78 is 42.8. The first-order valence-electron chi connectivity index (χ1n) is 6.94. The number of halogens is 3. The molecule has 1 aromatic rings. The van der Waals surface area contributed by atoms with Crippen LogP contribution in [0.2, 0.25) is 0 Å². The predicted molar refractivity (Wildman–Crippen MR) is 71.6 cm³/mol. The van der Waals surface area contributed by atoms with Gasteiger partial charge in [0.15, 0.2) is 0 Å². The normalized spacial score (nSPS) is 20.3. The second kappa shape index (κ2) is 6.47. The molecule has 116 valence electrons. The van der Waals surface area contributed by atoms with Crippen molar-refractivity contribution in [3.63, 3.8) is 0 Å². The van der Waals surface area contributed by atoms with Crippen molar-refractivity contribution < 1.29 is 22.7 Å². The monoisotopic (exact) mass is 301 g/mol. The third kappa shape index (κ3) is 4.46. The highest BCUT2D eigenvalue weighted by Gasteiger charge is 2.30. The minimum atomic E-state index is -4.34. The Hall–Kier alpha value is -1.56. The van der Waals surface area contributed by atoms with Gasteiger partial charge >= 0.3 is 6.18 Å². The zero-order chi connectivity index (χ0) is 15.5. The molecular weight excluding hydrogens is 283 g/mol. The van der Waals surface area contributed by atoms with Gasteiger partial charge in [-0.1, -0.05) is 12.1 Å². The first-order chi connectivity index (χ1) is 9.86. The molecule has 0 aliphatic carbocycles. The minimum Gasteiger partial charge on any atom is -0.378 e. The quantitative estimate of drug-likeness (QED) is 0.925. The fourth-order valence-corrected chi connectivity index (χ4v) is 2.36. The molecule has 1 N–H and O–H groups in total. The van der Waals surface area contributed by atoms with Gasteiger partial charge in [-0.3, -0.25) is 4.79 Å². The fourth-order valence-electron chi connectivity index (χ4n) is 2.36. The van der Waals surface area contributed by atoms with Gasteiger partial charge in [-0.2, -0.15) is 13.2 Å². The van der Waals surface area contributed by atoms with E-state index >= 15 is 0 Å². The lowest BCUT2D eigenvalue weighted by Crippen LogP contribution is -2.29. The van der Waals surface area contributed by atoms with Gasteiger partial charge in [0.2, 0.25) is 5.91 Å². The first kappa shape index (κ1) is 15.8. The molecule has 1 aromatic carbocycles. The molecule has 1 amide bonds. The Bertz CT molecular complexity index is 479. The zero-order valence-electron chi connectivity index (χ0n) is 11.7. The summed E-state index contributed by atoms with van der Waals surface area (Å²) >= 11 is 0. The van der Waals surface area contributed by atoms with Crippen LogP contribution in [0, 0.1) is 0 Å².